The predicted octanol–water partition coefficient (Wildman–Crippen LogP) is -3.71. The summed E-state index contributed by atoms with van der Waals surface area (Å²) in [6, 6.07) is 0. The third-order valence-corrected chi connectivity index (χ3v) is 0. The van der Waals surface area contributed by atoms with Gasteiger partial charge in [-0.15, -0.1) is 0 Å². The monoisotopic (exact) mass is 278 g/mol. The standard InChI is InChI=1S/La.Na.4H2O.Ti/h;;4*1H2;/q+3;+1;;;;;/p-4. The van der Waals surface area contributed by atoms with Crippen LogP contribution in [0.3, 0.4) is 0 Å². The molecular weight excluding hydrogens is 274 g/mol. The van der Waals surface area contributed by atoms with Crippen molar-refractivity contribution in [2.24, 2.45) is 0 Å². The second kappa shape index (κ2) is 69.5. The third kappa shape index (κ3) is 52.7. The Morgan fingerprint density at radius 3 is 0.571 bits per heavy atom. The van der Waals surface area contributed by atoms with E-state index >= 15 is 0 Å². The summed E-state index contributed by atoms with van der Waals surface area (Å²) in [7, 11) is 0. The van der Waals surface area contributed by atoms with Crippen molar-refractivity contribution in [1.29, 1.82) is 0 Å². The molecule has 0 atom stereocenters. The van der Waals surface area contributed by atoms with Crippen LogP contribution in [0.25, 0.3) is 0 Å². The van der Waals surface area contributed by atoms with Gasteiger partial charge in [0.2, 0.25) is 0 Å². The largest absolute Gasteiger partial charge is 3.00 e. The van der Waals surface area contributed by atoms with E-state index in [2.05, 4.69) is 0 Å². The molecule has 0 heterocycles. The molecule has 0 unspecified atom stereocenters. The minimum Gasteiger partial charge on any atom is -0.870 e. The van der Waals surface area contributed by atoms with Crippen LogP contribution < -0.4 is 29.6 Å². The second-order valence-electron chi connectivity index (χ2n) is 0. The van der Waals surface area contributed by atoms with Gasteiger partial charge in [-0.3, -0.25) is 0 Å². The molecule has 4 N–H and O–H groups in total. The molecule has 0 aliphatic rings. The average molecular weight is 278 g/mol. The van der Waals surface area contributed by atoms with Crippen LogP contribution in [0.15, 0.2) is 0 Å². The summed E-state index contributed by atoms with van der Waals surface area (Å²) >= 11 is 0. The second-order valence-corrected chi connectivity index (χ2v) is 0. The van der Waals surface area contributed by atoms with Crippen molar-refractivity contribution in [2.45, 2.75) is 0 Å². The molecule has 7 heavy (non-hydrogen) atoms. The molecule has 0 saturated heterocycles. The Morgan fingerprint density at radius 2 is 0.571 bits per heavy atom. The van der Waals surface area contributed by atoms with Crippen molar-refractivity contribution in [3.8, 4) is 0 Å². The van der Waals surface area contributed by atoms with Gasteiger partial charge in [0.05, 0.1) is 0 Å². The van der Waals surface area contributed by atoms with Gasteiger partial charge >= 0.3 is 65.2 Å². The van der Waals surface area contributed by atoms with Gasteiger partial charge in [0, 0.05) is 21.7 Å². The molecule has 36 valence electrons. The molecule has 0 spiro atoms. The smallest absolute Gasteiger partial charge is 0.870 e. The summed E-state index contributed by atoms with van der Waals surface area (Å²) < 4.78 is 0. The van der Waals surface area contributed by atoms with Crippen LogP contribution in [0.4, 0.5) is 0 Å². The van der Waals surface area contributed by atoms with Gasteiger partial charge in [-0.1, -0.05) is 0 Å². The summed E-state index contributed by atoms with van der Waals surface area (Å²) in [6.07, 6.45) is 0. The molecule has 0 aromatic heterocycles. The van der Waals surface area contributed by atoms with Crippen LogP contribution in [-0.2, 0) is 21.7 Å². The first-order valence-electron chi connectivity index (χ1n) is 0. The zero-order chi connectivity index (χ0) is 0. The predicted molar refractivity (Wildman–Crippen MR) is 7.74 cm³/mol. The third-order valence-electron chi connectivity index (χ3n) is 0. The van der Waals surface area contributed by atoms with Gasteiger partial charge in [0.15, 0.2) is 0 Å². The van der Waals surface area contributed by atoms with E-state index < -0.39 is 0 Å². The maximum atomic E-state index is 0. The van der Waals surface area contributed by atoms with E-state index in [0.29, 0.717) is 0 Å². The first-order chi connectivity index (χ1) is 0. The zero-order valence-corrected chi connectivity index (χ0v) is 11.1. The van der Waals surface area contributed by atoms with Gasteiger partial charge in [0.25, 0.3) is 0 Å². The molecule has 7 heteroatoms. The van der Waals surface area contributed by atoms with E-state index in [9.17, 15) is 0 Å². The minimum absolute atomic E-state index is 0. The van der Waals surface area contributed by atoms with Gasteiger partial charge < -0.3 is 21.9 Å². The number of rotatable bonds is 0. The van der Waals surface area contributed by atoms with E-state index in [4.69, 9.17) is 0 Å². The zero-order valence-electron chi connectivity index (χ0n) is 3.87. The summed E-state index contributed by atoms with van der Waals surface area (Å²) in [5, 5.41) is 0. The number of hydrogen-bond acceptors (Lipinski definition) is 4. The molecule has 0 bridgehead atoms. The molecule has 0 aliphatic heterocycles. The van der Waals surface area contributed by atoms with Crippen LogP contribution in [0.5, 0.6) is 0 Å². The molecule has 0 aliphatic carbocycles. The fraction of sp³-hybridized carbons (Fsp3) is 0. The molecule has 0 aromatic rings. The van der Waals surface area contributed by atoms with Crippen molar-refractivity contribution >= 4 is 0 Å². The normalized spacial score (nSPS) is 0. The summed E-state index contributed by atoms with van der Waals surface area (Å²) in [5.41, 5.74) is 0. The molecule has 4 nitrogen and oxygen atoms in total. The van der Waals surface area contributed by atoms with E-state index in [1.165, 1.54) is 0 Å². The summed E-state index contributed by atoms with van der Waals surface area (Å²) in [6.45, 7) is 0. The Kier molecular flexibility index (Phi) is 981. The average Bonchev–Trinajstić information content (AvgIpc) is 0. The Morgan fingerprint density at radius 1 is 0.571 bits per heavy atom. The molecule has 0 rings (SSSR count). The molecule has 0 amide bonds. The van der Waals surface area contributed by atoms with Gasteiger partial charge in [-0.2, -0.15) is 0 Å². The quantitative estimate of drug-likeness (QED) is 0.423. The first-order valence-corrected chi connectivity index (χ1v) is 0. The van der Waals surface area contributed by atoms with Crippen LogP contribution in [-0.4, -0.2) is 21.9 Å². The fourth-order valence-electron chi connectivity index (χ4n) is 0. The Bertz CT molecular complexity index is 11.7. The Labute approximate surface area is 107 Å². The van der Waals surface area contributed by atoms with E-state index in [1.54, 1.807) is 0 Å². The van der Waals surface area contributed by atoms with Gasteiger partial charge in [0.1, 0.15) is 0 Å². The number of hydrogen-bond donors (Lipinski definition) is 0. The maximum absolute atomic E-state index is 0. The maximum Gasteiger partial charge on any atom is 3.00 e. The van der Waals surface area contributed by atoms with Gasteiger partial charge in [-0.25, -0.2) is 0 Å². The van der Waals surface area contributed by atoms with Crippen molar-refractivity contribution in [2.75, 3.05) is 0 Å². The topological polar surface area (TPSA) is 120 Å². The minimum atomic E-state index is 0. The first kappa shape index (κ1) is 98.7. The van der Waals surface area contributed by atoms with Crippen LogP contribution in [0.1, 0.15) is 0 Å². The molecule has 0 saturated carbocycles. The van der Waals surface area contributed by atoms with Crippen molar-refractivity contribution < 1.29 is 109 Å². The van der Waals surface area contributed by atoms with Crippen molar-refractivity contribution in [1.82, 2.24) is 0 Å². The van der Waals surface area contributed by atoms with E-state index in [-0.39, 0.29) is 109 Å². The van der Waals surface area contributed by atoms with Crippen LogP contribution in [0, 0.1) is 35.6 Å². The van der Waals surface area contributed by atoms with Gasteiger partial charge in [-0.05, 0) is 0 Å². The Hall–Kier alpha value is 2.75. The summed E-state index contributed by atoms with van der Waals surface area (Å²) in [5.74, 6) is 0. The SMILES string of the molecule is [La+3].[Na+].[OH-].[OH-].[OH-].[OH-].[Ti]. The van der Waals surface area contributed by atoms with Crippen molar-refractivity contribution in [3.63, 3.8) is 0 Å². The van der Waals surface area contributed by atoms with Crippen LogP contribution >= 0.6 is 0 Å². The molecular formula is H4LaNaO4Ti. The van der Waals surface area contributed by atoms with Crippen molar-refractivity contribution in [3.05, 3.63) is 0 Å². The Balaban J connectivity index is 0. The molecule has 0 aromatic carbocycles. The van der Waals surface area contributed by atoms with Crippen LogP contribution in [0.2, 0.25) is 0 Å². The fourth-order valence-corrected chi connectivity index (χ4v) is 0. The molecule has 0 fully saturated rings. The molecule has 0 radical (unpaired) electrons. The summed E-state index contributed by atoms with van der Waals surface area (Å²) in [4.78, 5) is 0. The van der Waals surface area contributed by atoms with E-state index in [1.807, 2.05) is 0 Å². The van der Waals surface area contributed by atoms with E-state index in [0.717, 1.165) is 0 Å².